The molecule has 0 amide bonds. The maximum Gasteiger partial charge on any atom is 0.351 e. The van der Waals surface area contributed by atoms with E-state index < -0.39 is 13.4 Å². The summed E-state index contributed by atoms with van der Waals surface area (Å²) < 4.78 is 23.2. The van der Waals surface area contributed by atoms with E-state index in [0.29, 0.717) is 0 Å². The first-order valence-electron chi connectivity index (χ1n) is 6.77. The summed E-state index contributed by atoms with van der Waals surface area (Å²) in [5.41, 5.74) is 0.940. The van der Waals surface area contributed by atoms with Crippen LogP contribution < -0.4 is 5.32 Å². The van der Waals surface area contributed by atoms with E-state index in [4.69, 9.17) is 9.05 Å². The van der Waals surface area contributed by atoms with Crippen molar-refractivity contribution in [1.82, 2.24) is 5.32 Å². The van der Waals surface area contributed by atoms with E-state index in [-0.39, 0.29) is 11.5 Å². The Morgan fingerprint density at radius 1 is 1.10 bits per heavy atom. The molecule has 0 aliphatic carbocycles. The van der Waals surface area contributed by atoms with Crippen molar-refractivity contribution >= 4 is 7.60 Å². The summed E-state index contributed by atoms with van der Waals surface area (Å²) >= 11 is 0. The molecule has 0 radical (unpaired) electrons. The highest BCUT2D eigenvalue weighted by molar-refractivity contribution is 7.54. The summed E-state index contributed by atoms with van der Waals surface area (Å²) in [4.78, 5) is 0. The van der Waals surface area contributed by atoms with E-state index in [0.717, 1.165) is 5.56 Å². The third-order valence-electron chi connectivity index (χ3n) is 3.65. The van der Waals surface area contributed by atoms with E-state index in [1.165, 1.54) is 14.2 Å². The number of hydrogen-bond donors (Lipinski definition) is 1. The molecule has 0 saturated heterocycles. The summed E-state index contributed by atoms with van der Waals surface area (Å²) in [6.45, 7) is 8.48. The van der Waals surface area contributed by atoms with Gasteiger partial charge in [-0.25, -0.2) is 0 Å². The summed E-state index contributed by atoms with van der Waals surface area (Å²) in [6, 6.07) is 9.77. The first-order chi connectivity index (χ1) is 9.24. The van der Waals surface area contributed by atoms with Gasteiger partial charge < -0.3 is 9.05 Å². The van der Waals surface area contributed by atoms with Gasteiger partial charge in [-0.3, -0.25) is 9.88 Å². The topological polar surface area (TPSA) is 47.6 Å². The Balaban J connectivity index is 3.13. The molecule has 4 nitrogen and oxygen atoms in total. The lowest BCUT2D eigenvalue weighted by molar-refractivity contribution is 0.233. The fourth-order valence-corrected chi connectivity index (χ4v) is 3.29. The van der Waals surface area contributed by atoms with Gasteiger partial charge in [0, 0.05) is 20.3 Å². The first-order valence-corrected chi connectivity index (χ1v) is 8.38. The number of benzene rings is 1. The molecular formula is C15H26NO3P. The summed E-state index contributed by atoms with van der Waals surface area (Å²) in [5.74, 6) is -0.479. The number of rotatable bonds is 6. The van der Waals surface area contributed by atoms with E-state index >= 15 is 0 Å². The molecule has 5 heteroatoms. The highest BCUT2D eigenvalue weighted by Crippen LogP contribution is 2.58. The molecule has 20 heavy (non-hydrogen) atoms. The predicted octanol–water partition coefficient (Wildman–Crippen LogP) is 4.20. The van der Waals surface area contributed by atoms with Crippen LogP contribution in [0.15, 0.2) is 30.3 Å². The van der Waals surface area contributed by atoms with Gasteiger partial charge >= 0.3 is 7.60 Å². The van der Waals surface area contributed by atoms with Crippen LogP contribution in [0.5, 0.6) is 0 Å². The molecule has 0 aliphatic heterocycles. The molecule has 0 fully saturated rings. The van der Waals surface area contributed by atoms with Crippen LogP contribution in [0.4, 0.5) is 0 Å². The Morgan fingerprint density at radius 3 is 2.00 bits per heavy atom. The Kier molecular flexibility index (Phi) is 5.96. The van der Waals surface area contributed by atoms with Gasteiger partial charge in [-0.05, 0) is 17.9 Å². The molecule has 1 N–H and O–H groups in total. The molecule has 1 aromatic rings. The van der Waals surface area contributed by atoms with Gasteiger partial charge in [0.1, 0.15) is 5.78 Å². The van der Waals surface area contributed by atoms with Crippen LogP contribution in [0.3, 0.4) is 0 Å². The zero-order valence-corrected chi connectivity index (χ0v) is 14.1. The predicted molar refractivity (Wildman–Crippen MR) is 82.9 cm³/mol. The van der Waals surface area contributed by atoms with Gasteiger partial charge in [0.2, 0.25) is 0 Å². The van der Waals surface area contributed by atoms with E-state index in [9.17, 15) is 4.57 Å². The standard InChI is InChI=1S/C15H26NO3P/c1-12(15(2,3)4)16-14(20(17,18-5)19-6)13-10-8-7-9-11-13/h7-12,14,16H,1-6H3/t12-,14+/m0/s1. The second-order valence-electron chi connectivity index (χ2n) is 5.97. The SMILES string of the molecule is COP(=O)(OC)[C@@H](N[C@@H](C)C(C)(C)C)c1ccccc1. The number of nitrogens with one attached hydrogen (secondary N) is 1. The van der Waals surface area contributed by atoms with Gasteiger partial charge in [0.15, 0.2) is 0 Å². The molecule has 0 saturated carbocycles. The van der Waals surface area contributed by atoms with E-state index in [1.807, 2.05) is 30.3 Å². The highest BCUT2D eigenvalue weighted by Gasteiger charge is 2.37. The maximum atomic E-state index is 12.8. The minimum Gasteiger partial charge on any atom is -0.311 e. The van der Waals surface area contributed by atoms with Crippen molar-refractivity contribution in [3.05, 3.63) is 35.9 Å². The van der Waals surface area contributed by atoms with Crippen molar-refractivity contribution in [2.24, 2.45) is 5.41 Å². The lowest BCUT2D eigenvalue weighted by atomic mass is 9.88. The molecule has 1 aromatic carbocycles. The minimum atomic E-state index is -3.25. The van der Waals surface area contributed by atoms with Crippen LogP contribution >= 0.6 is 7.60 Å². The largest absolute Gasteiger partial charge is 0.351 e. The third kappa shape index (κ3) is 4.16. The normalized spacial score (nSPS) is 15.9. The number of hydrogen-bond acceptors (Lipinski definition) is 4. The van der Waals surface area contributed by atoms with Gasteiger partial charge in [-0.1, -0.05) is 51.1 Å². The average molecular weight is 299 g/mol. The lowest BCUT2D eigenvalue weighted by Gasteiger charge is -2.34. The molecule has 0 bridgehead atoms. The van der Waals surface area contributed by atoms with Gasteiger partial charge in [0.05, 0.1) is 0 Å². The second kappa shape index (κ2) is 6.86. The van der Waals surface area contributed by atoms with Gasteiger partial charge in [-0.15, -0.1) is 0 Å². The van der Waals surface area contributed by atoms with Crippen molar-refractivity contribution in [2.75, 3.05) is 14.2 Å². The van der Waals surface area contributed by atoms with Crippen molar-refractivity contribution in [2.45, 2.75) is 39.5 Å². The zero-order valence-electron chi connectivity index (χ0n) is 13.2. The van der Waals surface area contributed by atoms with Gasteiger partial charge in [-0.2, -0.15) is 0 Å². The van der Waals surface area contributed by atoms with Crippen LogP contribution in [0, 0.1) is 5.41 Å². The summed E-state index contributed by atoms with van der Waals surface area (Å²) in [5, 5.41) is 3.40. The van der Waals surface area contributed by atoms with Crippen LogP contribution in [0.25, 0.3) is 0 Å². The molecular weight excluding hydrogens is 273 g/mol. The van der Waals surface area contributed by atoms with Crippen molar-refractivity contribution < 1.29 is 13.6 Å². The smallest absolute Gasteiger partial charge is 0.311 e. The second-order valence-corrected chi connectivity index (χ2v) is 8.30. The monoisotopic (exact) mass is 299 g/mol. The quantitative estimate of drug-likeness (QED) is 0.800. The summed E-state index contributed by atoms with van der Waals surface area (Å²) in [7, 11) is -0.407. The van der Waals surface area contributed by atoms with Crippen LogP contribution in [0.1, 0.15) is 39.0 Å². The Labute approximate surface area is 122 Å². The van der Waals surface area contributed by atoms with E-state index in [1.54, 1.807) is 0 Å². The lowest BCUT2D eigenvalue weighted by Crippen LogP contribution is -2.40. The van der Waals surface area contributed by atoms with Crippen molar-refractivity contribution in [1.29, 1.82) is 0 Å². The maximum absolute atomic E-state index is 12.8. The van der Waals surface area contributed by atoms with Crippen LogP contribution in [0.2, 0.25) is 0 Å². The Hall–Kier alpha value is -0.670. The fraction of sp³-hybridized carbons (Fsp3) is 0.600. The third-order valence-corrected chi connectivity index (χ3v) is 5.74. The minimum absolute atomic E-state index is 0.0410. The Bertz CT molecular complexity index is 448. The van der Waals surface area contributed by atoms with Crippen LogP contribution in [-0.2, 0) is 13.6 Å². The Morgan fingerprint density at radius 2 is 1.60 bits per heavy atom. The van der Waals surface area contributed by atoms with Crippen LogP contribution in [-0.4, -0.2) is 20.3 Å². The molecule has 0 unspecified atom stereocenters. The summed E-state index contributed by atoms with van der Waals surface area (Å²) in [6.07, 6.45) is 0. The molecule has 114 valence electrons. The molecule has 0 heterocycles. The molecule has 2 atom stereocenters. The fourth-order valence-electron chi connectivity index (χ4n) is 1.78. The van der Waals surface area contributed by atoms with Crippen molar-refractivity contribution in [3.8, 4) is 0 Å². The molecule has 0 aromatic heterocycles. The molecule has 1 rings (SSSR count). The van der Waals surface area contributed by atoms with E-state index in [2.05, 4.69) is 33.0 Å². The zero-order chi connectivity index (χ0) is 15.4. The molecule has 0 aliphatic rings. The van der Waals surface area contributed by atoms with Gasteiger partial charge in [0.25, 0.3) is 0 Å². The van der Waals surface area contributed by atoms with Crippen molar-refractivity contribution in [3.63, 3.8) is 0 Å². The molecule has 0 spiro atoms. The average Bonchev–Trinajstić information content (AvgIpc) is 2.43. The first kappa shape index (κ1) is 17.4. The highest BCUT2D eigenvalue weighted by atomic mass is 31.2.